The van der Waals surface area contributed by atoms with Crippen LogP contribution in [0, 0.1) is 5.92 Å². The summed E-state index contributed by atoms with van der Waals surface area (Å²) >= 11 is 0. The molecule has 0 aromatic carbocycles. The smallest absolute Gasteiger partial charge is 0.211 e. The highest BCUT2D eigenvalue weighted by molar-refractivity contribution is 7.89. The Labute approximate surface area is 61.9 Å². The quantitative estimate of drug-likeness (QED) is 0.605. The van der Waals surface area contributed by atoms with E-state index < -0.39 is 10.0 Å². The standard InChI is InChI=1S/C6H13NO2S/c1-2-6-3-4-10(8,9)7-5-6/h6-7H,2-5H2,1H3. The molecular formula is C6H13NO2S. The van der Waals surface area contributed by atoms with E-state index in [9.17, 15) is 8.42 Å². The van der Waals surface area contributed by atoms with E-state index in [1.165, 1.54) is 0 Å². The average molecular weight is 163 g/mol. The van der Waals surface area contributed by atoms with Crippen LogP contribution in [0.25, 0.3) is 0 Å². The molecule has 1 saturated heterocycles. The van der Waals surface area contributed by atoms with Gasteiger partial charge in [-0.2, -0.15) is 0 Å². The van der Waals surface area contributed by atoms with Crippen molar-refractivity contribution in [2.24, 2.45) is 5.92 Å². The highest BCUT2D eigenvalue weighted by Crippen LogP contribution is 2.12. The summed E-state index contributed by atoms with van der Waals surface area (Å²) < 4.78 is 24.1. The topological polar surface area (TPSA) is 46.2 Å². The molecule has 4 heteroatoms. The Morgan fingerprint density at radius 2 is 2.30 bits per heavy atom. The van der Waals surface area contributed by atoms with Crippen molar-refractivity contribution >= 4 is 10.0 Å². The number of hydrogen-bond acceptors (Lipinski definition) is 2. The summed E-state index contributed by atoms with van der Waals surface area (Å²) in [5, 5.41) is 0. The molecule has 1 atom stereocenters. The SMILES string of the molecule is CCC1CCS(=O)(=O)NC1. The van der Waals surface area contributed by atoms with Crippen molar-refractivity contribution in [3.05, 3.63) is 0 Å². The van der Waals surface area contributed by atoms with Gasteiger partial charge in [0.1, 0.15) is 0 Å². The molecule has 0 aliphatic carbocycles. The minimum Gasteiger partial charge on any atom is -0.215 e. The van der Waals surface area contributed by atoms with Crippen molar-refractivity contribution < 1.29 is 8.42 Å². The minimum absolute atomic E-state index is 0.311. The van der Waals surface area contributed by atoms with Gasteiger partial charge in [-0.1, -0.05) is 13.3 Å². The van der Waals surface area contributed by atoms with E-state index in [0.717, 1.165) is 12.8 Å². The van der Waals surface area contributed by atoms with E-state index in [1.54, 1.807) is 0 Å². The molecule has 1 fully saturated rings. The van der Waals surface area contributed by atoms with Gasteiger partial charge in [0.2, 0.25) is 10.0 Å². The van der Waals surface area contributed by atoms with Crippen molar-refractivity contribution in [2.75, 3.05) is 12.3 Å². The zero-order valence-corrected chi connectivity index (χ0v) is 6.95. The van der Waals surface area contributed by atoms with Gasteiger partial charge in [-0.05, 0) is 12.3 Å². The van der Waals surface area contributed by atoms with Crippen molar-refractivity contribution in [3.8, 4) is 0 Å². The monoisotopic (exact) mass is 163 g/mol. The molecule has 0 aromatic rings. The van der Waals surface area contributed by atoms with Crippen LogP contribution < -0.4 is 4.72 Å². The second-order valence-corrected chi connectivity index (χ2v) is 4.66. The lowest BCUT2D eigenvalue weighted by atomic mass is 10.0. The first-order chi connectivity index (χ1) is 4.64. The maximum absolute atomic E-state index is 10.8. The second-order valence-electron chi connectivity index (χ2n) is 2.73. The fourth-order valence-corrected chi connectivity index (χ4v) is 2.37. The van der Waals surface area contributed by atoms with Crippen molar-refractivity contribution in [3.63, 3.8) is 0 Å². The van der Waals surface area contributed by atoms with E-state index in [1.807, 2.05) is 0 Å². The van der Waals surface area contributed by atoms with Crippen LogP contribution >= 0.6 is 0 Å². The first kappa shape index (κ1) is 8.01. The van der Waals surface area contributed by atoms with Crippen LogP contribution in [-0.4, -0.2) is 20.7 Å². The Bertz CT molecular complexity index is 184. The van der Waals surface area contributed by atoms with Crippen LogP contribution in [0.1, 0.15) is 19.8 Å². The van der Waals surface area contributed by atoms with Crippen LogP contribution in [0.2, 0.25) is 0 Å². The number of hydrogen-bond donors (Lipinski definition) is 1. The summed E-state index contributed by atoms with van der Waals surface area (Å²) in [6, 6.07) is 0. The summed E-state index contributed by atoms with van der Waals surface area (Å²) in [5.41, 5.74) is 0. The largest absolute Gasteiger partial charge is 0.215 e. The zero-order valence-electron chi connectivity index (χ0n) is 6.13. The van der Waals surface area contributed by atoms with Crippen molar-refractivity contribution in [1.29, 1.82) is 0 Å². The third kappa shape index (κ3) is 1.95. The molecule has 60 valence electrons. The van der Waals surface area contributed by atoms with Crippen molar-refractivity contribution in [2.45, 2.75) is 19.8 Å². The predicted molar refractivity (Wildman–Crippen MR) is 40.2 cm³/mol. The Balaban J connectivity index is 2.46. The van der Waals surface area contributed by atoms with Gasteiger partial charge in [-0.3, -0.25) is 0 Å². The Morgan fingerprint density at radius 3 is 2.70 bits per heavy atom. The molecular weight excluding hydrogens is 150 g/mol. The molecule has 3 nitrogen and oxygen atoms in total. The summed E-state index contributed by atoms with van der Waals surface area (Å²) in [5.74, 6) is 0.870. The van der Waals surface area contributed by atoms with E-state index in [4.69, 9.17) is 0 Å². The zero-order chi connectivity index (χ0) is 7.61. The maximum atomic E-state index is 10.8. The highest BCUT2D eigenvalue weighted by Gasteiger charge is 2.20. The molecule has 1 unspecified atom stereocenters. The number of sulfonamides is 1. The van der Waals surface area contributed by atoms with Gasteiger partial charge in [0, 0.05) is 6.54 Å². The second kappa shape index (κ2) is 2.88. The van der Waals surface area contributed by atoms with E-state index in [-0.39, 0.29) is 0 Å². The Morgan fingerprint density at radius 1 is 1.60 bits per heavy atom. The first-order valence-corrected chi connectivity index (χ1v) is 5.26. The Kier molecular flexibility index (Phi) is 2.31. The van der Waals surface area contributed by atoms with E-state index in [0.29, 0.717) is 18.2 Å². The normalized spacial score (nSPS) is 31.9. The first-order valence-electron chi connectivity index (χ1n) is 3.61. The molecule has 0 saturated carbocycles. The average Bonchev–Trinajstić information content (AvgIpc) is 1.88. The highest BCUT2D eigenvalue weighted by atomic mass is 32.2. The molecule has 0 amide bonds. The van der Waals surface area contributed by atoms with Crippen LogP contribution in [-0.2, 0) is 10.0 Å². The molecule has 1 rings (SSSR count). The van der Waals surface area contributed by atoms with Gasteiger partial charge >= 0.3 is 0 Å². The van der Waals surface area contributed by atoms with Gasteiger partial charge in [-0.15, -0.1) is 0 Å². The summed E-state index contributed by atoms with van der Waals surface area (Å²) in [7, 11) is -2.88. The molecule has 1 N–H and O–H groups in total. The molecule has 0 aromatic heterocycles. The lowest BCUT2D eigenvalue weighted by molar-refractivity contribution is 0.452. The van der Waals surface area contributed by atoms with Gasteiger partial charge in [0.25, 0.3) is 0 Å². The molecule has 1 aliphatic rings. The lowest BCUT2D eigenvalue weighted by Crippen LogP contribution is -2.37. The van der Waals surface area contributed by atoms with Gasteiger partial charge in [0.15, 0.2) is 0 Å². The van der Waals surface area contributed by atoms with E-state index >= 15 is 0 Å². The molecule has 10 heavy (non-hydrogen) atoms. The third-order valence-electron chi connectivity index (χ3n) is 1.96. The Hall–Kier alpha value is -0.0900. The molecule has 0 bridgehead atoms. The minimum atomic E-state index is -2.88. The number of nitrogens with one attached hydrogen (secondary N) is 1. The van der Waals surface area contributed by atoms with Gasteiger partial charge in [0.05, 0.1) is 5.75 Å². The molecule has 1 heterocycles. The summed E-state index contributed by atoms with van der Waals surface area (Å²) in [6.45, 7) is 2.73. The third-order valence-corrected chi connectivity index (χ3v) is 3.34. The van der Waals surface area contributed by atoms with Crippen LogP contribution in [0.3, 0.4) is 0 Å². The van der Waals surface area contributed by atoms with Crippen molar-refractivity contribution in [1.82, 2.24) is 4.72 Å². The van der Waals surface area contributed by atoms with Crippen LogP contribution in [0.5, 0.6) is 0 Å². The summed E-state index contributed by atoms with van der Waals surface area (Å²) in [6.07, 6.45) is 1.90. The molecule has 1 aliphatic heterocycles. The maximum Gasteiger partial charge on any atom is 0.211 e. The predicted octanol–water partition coefficient (Wildman–Crippen LogP) is 0.336. The fraction of sp³-hybridized carbons (Fsp3) is 1.00. The fourth-order valence-electron chi connectivity index (χ4n) is 1.09. The van der Waals surface area contributed by atoms with E-state index in [2.05, 4.69) is 11.6 Å². The number of rotatable bonds is 1. The van der Waals surface area contributed by atoms with Crippen LogP contribution in [0.15, 0.2) is 0 Å². The van der Waals surface area contributed by atoms with Crippen LogP contribution in [0.4, 0.5) is 0 Å². The lowest BCUT2D eigenvalue weighted by Gasteiger charge is -2.20. The molecule has 0 radical (unpaired) electrons. The van der Waals surface area contributed by atoms with Gasteiger partial charge < -0.3 is 0 Å². The summed E-state index contributed by atoms with van der Waals surface area (Å²) in [4.78, 5) is 0. The molecule has 0 spiro atoms. The van der Waals surface area contributed by atoms with Gasteiger partial charge in [-0.25, -0.2) is 13.1 Å².